The maximum absolute atomic E-state index is 11.3. The van der Waals surface area contributed by atoms with Crippen LogP contribution in [0.1, 0.15) is 12.0 Å². The van der Waals surface area contributed by atoms with E-state index in [4.69, 9.17) is 9.47 Å². The van der Waals surface area contributed by atoms with Gasteiger partial charge < -0.3 is 19.7 Å². The zero-order valence-electron chi connectivity index (χ0n) is 14.4. The summed E-state index contributed by atoms with van der Waals surface area (Å²) in [6.07, 6.45) is -0.321. The van der Waals surface area contributed by atoms with Crippen molar-refractivity contribution < 1.29 is 24.5 Å². The fourth-order valence-corrected chi connectivity index (χ4v) is 3.53. The summed E-state index contributed by atoms with van der Waals surface area (Å²) >= 11 is 0. The van der Waals surface area contributed by atoms with Crippen LogP contribution in [0.4, 0.5) is 0 Å². The molecule has 0 bridgehead atoms. The van der Waals surface area contributed by atoms with Gasteiger partial charge in [-0.1, -0.05) is 18.2 Å². The van der Waals surface area contributed by atoms with E-state index in [-0.39, 0.29) is 0 Å². The SMILES string of the molecule is COc1ccc(CN2CC[C@H](O)[C@@H](C(=O)O)C2)c2c(OC)cccc12. The second-order valence-corrected chi connectivity index (χ2v) is 6.35. The van der Waals surface area contributed by atoms with Crippen LogP contribution >= 0.6 is 0 Å². The minimum atomic E-state index is -0.950. The topological polar surface area (TPSA) is 79.2 Å². The number of hydrogen-bond donors (Lipinski definition) is 2. The third-order valence-electron chi connectivity index (χ3n) is 4.86. The Labute approximate surface area is 146 Å². The molecule has 0 spiro atoms. The fourth-order valence-electron chi connectivity index (χ4n) is 3.53. The van der Waals surface area contributed by atoms with E-state index < -0.39 is 18.0 Å². The van der Waals surface area contributed by atoms with Crippen molar-refractivity contribution in [2.45, 2.75) is 19.1 Å². The van der Waals surface area contributed by atoms with E-state index in [1.807, 2.05) is 30.3 Å². The molecule has 2 aromatic carbocycles. The highest BCUT2D eigenvalue weighted by Gasteiger charge is 2.33. The lowest BCUT2D eigenvalue weighted by atomic mass is 9.94. The van der Waals surface area contributed by atoms with Gasteiger partial charge in [-0.3, -0.25) is 9.69 Å². The van der Waals surface area contributed by atoms with E-state index >= 15 is 0 Å². The Morgan fingerprint density at radius 2 is 1.96 bits per heavy atom. The van der Waals surface area contributed by atoms with Crippen LogP contribution in [-0.4, -0.2) is 54.5 Å². The zero-order chi connectivity index (χ0) is 18.0. The number of hydrogen-bond acceptors (Lipinski definition) is 5. The predicted octanol–water partition coefficient (Wildman–Crippen LogP) is 2.12. The molecule has 0 amide bonds. The number of aliphatic hydroxyl groups excluding tert-OH is 1. The van der Waals surface area contributed by atoms with Crippen molar-refractivity contribution in [1.29, 1.82) is 0 Å². The van der Waals surface area contributed by atoms with Gasteiger partial charge in [0.1, 0.15) is 11.5 Å². The molecule has 1 aliphatic rings. The minimum absolute atomic E-state index is 0.333. The number of likely N-dealkylation sites (tertiary alicyclic amines) is 1. The average Bonchev–Trinajstić information content (AvgIpc) is 2.62. The molecule has 2 aromatic rings. The Hall–Kier alpha value is -2.31. The second-order valence-electron chi connectivity index (χ2n) is 6.35. The molecule has 0 aromatic heterocycles. The Balaban J connectivity index is 1.95. The number of carboxylic acids is 1. The molecule has 1 fully saturated rings. The highest BCUT2D eigenvalue weighted by molar-refractivity contribution is 5.95. The van der Waals surface area contributed by atoms with Crippen LogP contribution in [0.3, 0.4) is 0 Å². The summed E-state index contributed by atoms with van der Waals surface area (Å²) in [5.41, 5.74) is 1.05. The minimum Gasteiger partial charge on any atom is -0.496 e. The molecule has 2 N–H and O–H groups in total. The molecule has 1 aliphatic heterocycles. The molecule has 0 aliphatic carbocycles. The van der Waals surface area contributed by atoms with Crippen LogP contribution in [0, 0.1) is 5.92 Å². The summed E-state index contributed by atoms with van der Waals surface area (Å²) in [4.78, 5) is 13.4. The van der Waals surface area contributed by atoms with E-state index in [0.717, 1.165) is 27.8 Å². The molecular formula is C19H23NO5. The smallest absolute Gasteiger partial charge is 0.310 e. The summed E-state index contributed by atoms with van der Waals surface area (Å²) in [5, 5.41) is 21.1. The monoisotopic (exact) mass is 345 g/mol. The number of nitrogens with zero attached hydrogens (tertiary/aromatic N) is 1. The first-order valence-corrected chi connectivity index (χ1v) is 8.31. The molecule has 0 saturated carbocycles. The predicted molar refractivity (Wildman–Crippen MR) is 94.1 cm³/mol. The van der Waals surface area contributed by atoms with E-state index in [1.165, 1.54) is 0 Å². The Morgan fingerprint density at radius 3 is 2.64 bits per heavy atom. The van der Waals surface area contributed by atoms with E-state index in [9.17, 15) is 15.0 Å². The van der Waals surface area contributed by atoms with E-state index in [0.29, 0.717) is 26.1 Å². The highest BCUT2D eigenvalue weighted by atomic mass is 16.5. The Bertz CT molecular complexity index is 776. The van der Waals surface area contributed by atoms with Gasteiger partial charge in [0.05, 0.1) is 26.2 Å². The number of carboxylic acid groups (broad SMARTS) is 1. The first-order valence-electron chi connectivity index (χ1n) is 8.31. The van der Waals surface area contributed by atoms with Gasteiger partial charge in [-0.05, 0) is 24.1 Å². The third-order valence-corrected chi connectivity index (χ3v) is 4.86. The third kappa shape index (κ3) is 3.41. The van der Waals surface area contributed by atoms with Gasteiger partial charge >= 0.3 is 5.97 Å². The molecule has 0 radical (unpaired) electrons. The molecular weight excluding hydrogens is 322 g/mol. The maximum atomic E-state index is 11.3. The lowest BCUT2D eigenvalue weighted by molar-refractivity contribution is -0.149. The molecule has 1 saturated heterocycles. The number of aliphatic hydroxyl groups is 1. The van der Waals surface area contributed by atoms with Crippen molar-refractivity contribution in [3.63, 3.8) is 0 Å². The average molecular weight is 345 g/mol. The maximum Gasteiger partial charge on any atom is 0.310 e. The molecule has 25 heavy (non-hydrogen) atoms. The van der Waals surface area contributed by atoms with Crippen LogP contribution < -0.4 is 9.47 Å². The molecule has 3 rings (SSSR count). The van der Waals surface area contributed by atoms with Gasteiger partial charge in [-0.2, -0.15) is 0 Å². The van der Waals surface area contributed by atoms with Gasteiger partial charge in [0.15, 0.2) is 0 Å². The lowest BCUT2D eigenvalue weighted by Gasteiger charge is -2.34. The number of piperidine rings is 1. The van der Waals surface area contributed by atoms with Crippen LogP contribution in [0.2, 0.25) is 0 Å². The normalized spacial score (nSPS) is 21.2. The second kappa shape index (κ2) is 7.29. The van der Waals surface area contributed by atoms with Crippen molar-refractivity contribution >= 4 is 16.7 Å². The quantitative estimate of drug-likeness (QED) is 0.864. The number of fused-ring (bicyclic) bond motifs is 1. The number of aliphatic carboxylic acids is 1. The van der Waals surface area contributed by atoms with Gasteiger partial charge in [-0.15, -0.1) is 0 Å². The van der Waals surface area contributed by atoms with Crippen LogP contribution in [0.15, 0.2) is 30.3 Å². The first-order chi connectivity index (χ1) is 12.0. The molecule has 2 atom stereocenters. The molecule has 1 heterocycles. The summed E-state index contributed by atoms with van der Waals surface area (Å²) < 4.78 is 11.0. The summed E-state index contributed by atoms with van der Waals surface area (Å²) in [6, 6.07) is 9.73. The molecule has 134 valence electrons. The van der Waals surface area contributed by atoms with Gasteiger partial charge in [-0.25, -0.2) is 0 Å². The van der Waals surface area contributed by atoms with Crippen LogP contribution in [0.5, 0.6) is 11.5 Å². The number of methoxy groups -OCH3 is 2. The number of rotatable bonds is 5. The number of ether oxygens (including phenoxy) is 2. The molecule has 6 heteroatoms. The largest absolute Gasteiger partial charge is 0.496 e. The summed E-state index contributed by atoms with van der Waals surface area (Å²) in [7, 11) is 3.27. The van der Waals surface area contributed by atoms with E-state index in [2.05, 4.69) is 4.90 Å². The van der Waals surface area contributed by atoms with Crippen molar-refractivity contribution in [2.75, 3.05) is 27.3 Å². The molecule has 0 unspecified atom stereocenters. The molecule has 6 nitrogen and oxygen atoms in total. The summed E-state index contributed by atoms with van der Waals surface area (Å²) in [5.74, 6) is -0.164. The van der Waals surface area contributed by atoms with Crippen molar-refractivity contribution in [2.24, 2.45) is 5.92 Å². The fraction of sp³-hybridized carbons (Fsp3) is 0.421. The number of carbonyl (C=O) groups is 1. The lowest BCUT2D eigenvalue weighted by Crippen LogP contribution is -2.46. The standard InChI is InChI=1S/C19H23NO5/c1-24-16-7-6-12(18-13(16)4-3-5-17(18)25-2)10-20-9-8-15(21)14(11-20)19(22)23/h3-7,14-15,21H,8-11H2,1-2H3,(H,22,23)/t14-,15-/m0/s1. The van der Waals surface area contributed by atoms with Crippen LogP contribution in [0.25, 0.3) is 10.8 Å². The van der Waals surface area contributed by atoms with Gasteiger partial charge in [0, 0.05) is 30.4 Å². The summed E-state index contributed by atoms with van der Waals surface area (Å²) in [6.45, 7) is 1.59. The van der Waals surface area contributed by atoms with Crippen molar-refractivity contribution in [3.05, 3.63) is 35.9 Å². The van der Waals surface area contributed by atoms with Gasteiger partial charge in [0.2, 0.25) is 0 Å². The Kier molecular flexibility index (Phi) is 5.11. The first kappa shape index (κ1) is 17.5. The zero-order valence-corrected chi connectivity index (χ0v) is 14.4. The Morgan fingerprint density at radius 1 is 1.20 bits per heavy atom. The van der Waals surface area contributed by atoms with Gasteiger partial charge in [0.25, 0.3) is 0 Å². The number of benzene rings is 2. The van der Waals surface area contributed by atoms with Crippen molar-refractivity contribution in [3.8, 4) is 11.5 Å². The van der Waals surface area contributed by atoms with E-state index in [1.54, 1.807) is 14.2 Å². The highest BCUT2D eigenvalue weighted by Crippen LogP contribution is 2.36. The van der Waals surface area contributed by atoms with Crippen molar-refractivity contribution in [1.82, 2.24) is 4.90 Å². The van der Waals surface area contributed by atoms with Crippen LogP contribution in [-0.2, 0) is 11.3 Å².